The third-order valence-electron chi connectivity index (χ3n) is 2.78. The predicted octanol–water partition coefficient (Wildman–Crippen LogP) is 2.06. The van der Waals surface area contributed by atoms with Crippen molar-refractivity contribution in [3.8, 4) is 11.4 Å². The second-order valence-electron chi connectivity index (χ2n) is 3.89. The van der Waals surface area contributed by atoms with Crippen LogP contribution in [0, 0.1) is 0 Å². The molecular formula is C14H11NO2Se. The Hall–Kier alpha value is -1.77. The number of fused-ring (bicyclic) bond motifs is 1. The number of nitrogens with zero attached hydrogens (tertiary/aromatic N) is 1. The van der Waals surface area contributed by atoms with Crippen molar-refractivity contribution >= 4 is 24.4 Å². The zero-order chi connectivity index (χ0) is 12.5. The summed E-state index contributed by atoms with van der Waals surface area (Å²) < 4.78 is 8.17. The van der Waals surface area contributed by atoms with Gasteiger partial charge >= 0.3 is 110 Å². The van der Waals surface area contributed by atoms with Crippen LogP contribution in [-0.2, 0) is 0 Å². The molecule has 3 rings (SSSR count). The second-order valence-corrected chi connectivity index (χ2v) is 5.96. The van der Waals surface area contributed by atoms with Crippen molar-refractivity contribution in [1.29, 1.82) is 0 Å². The Kier molecular flexibility index (Phi) is 2.82. The summed E-state index contributed by atoms with van der Waals surface area (Å²) in [5.74, 6) is 0.770. The molecule has 0 N–H and O–H groups in total. The van der Waals surface area contributed by atoms with Crippen LogP contribution in [0.2, 0.25) is 0 Å². The molecule has 0 spiro atoms. The molecule has 4 heteroatoms. The van der Waals surface area contributed by atoms with E-state index in [1.165, 1.54) is 0 Å². The number of ether oxygens (including phenoxy) is 1. The third-order valence-corrected chi connectivity index (χ3v) is 5.11. The van der Waals surface area contributed by atoms with Crippen molar-refractivity contribution in [2.75, 3.05) is 7.11 Å². The fourth-order valence-corrected chi connectivity index (χ4v) is 3.96. The molecule has 1 heterocycles. The number of aromatic nitrogens is 1. The van der Waals surface area contributed by atoms with E-state index < -0.39 is 0 Å². The molecule has 0 bridgehead atoms. The van der Waals surface area contributed by atoms with Crippen LogP contribution < -0.4 is 10.3 Å². The van der Waals surface area contributed by atoms with Gasteiger partial charge in [-0.05, 0) is 0 Å². The van der Waals surface area contributed by atoms with E-state index in [9.17, 15) is 4.79 Å². The van der Waals surface area contributed by atoms with Crippen LogP contribution >= 0.6 is 0 Å². The van der Waals surface area contributed by atoms with Crippen molar-refractivity contribution in [2.24, 2.45) is 0 Å². The first-order valence-corrected chi connectivity index (χ1v) is 7.17. The number of hydrogen-bond acceptors (Lipinski definition) is 2. The predicted molar refractivity (Wildman–Crippen MR) is 73.0 cm³/mol. The van der Waals surface area contributed by atoms with E-state index in [1.807, 2.05) is 52.1 Å². The molecule has 3 nitrogen and oxygen atoms in total. The first-order valence-electron chi connectivity index (χ1n) is 5.55. The van der Waals surface area contributed by atoms with Gasteiger partial charge < -0.3 is 0 Å². The molecule has 0 fully saturated rings. The van der Waals surface area contributed by atoms with Gasteiger partial charge in [0, 0.05) is 0 Å². The molecule has 0 aliphatic rings. The van der Waals surface area contributed by atoms with Gasteiger partial charge in [0.2, 0.25) is 0 Å². The molecule has 0 aliphatic carbocycles. The number of methoxy groups -OCH3 is 1. The van der Waals surface area contributed by atoms with E-state index in [0.29, 0.717) is 0 Å². The maximum atomic E-state index is 12.3. The van der Waals surface area contributed by atoms with E-state index in [-0.39, 0.29) is 20.3 Å². The van der Waals surface area contributed by atoms with E-state index in [0.717, 1.165) is 21.1 Å². The summed E-state index contributed by atoms with van der Waals surface area (Å²) in [4.78, 5) is 12.3. The van der Waals surface area contributed by atoms with Crippen LogP contribution in [0.15, 0.2) is 53.3 Å². The Morgan fingerprint density at radius 3 is 2.72 bits per heavy atom. The topological polar surface area (TPSA) is 31.2 Å². The molecule has 0 saturated heterocycles. The first kappa shape index (κ1) is 11.3. The Bertz CT molecular complexity index is 758. The quantitative estimate of drug-likeness (QED) is 0.679. The van der Waals surface area contributed by atoms with Crippen molar-refractivity contribution in [2.45, 2.75) is 0 Å². The summed E-state index contributed by atoms with van der Waals surface area (Å²) in [6, 6.07) is 15.4. The zero-order valence-corrected chi connectivity index (χ0v) is 11.5. The molecule has 18 heavy (non-hydrogen) atoms. The summed E-state index contributed by atoms with van der Waals surface area (Å²) in [5.41, 5.74) is 0.981. The first-order chi connectivity index (χ1) is 8.79. The fourth-order valence-electron chi connectivity index (χ4n) is 1.88. The molecule has 0 aliphatic heterocycles. The molecule has 90 valence electrons. The molecule has 0 unspecified atom stereocenters. The zero-order valence-electron chi connectivity index (χ0n) is 9.79. The van der Waals surface area contributed by atoms with Gasteiger partial charge in [0.05, 0.1) is 0 Å². The SMILES string of the molecule is COc1cccc(-n2[se]c3ccccc3c2=O)c1. The third kappa shape index (κ3) is 1.80. The summed E-state index contributed by atoms with van der Waals surface area (Å²) in [6.45, 7) is 0. The van der Waals surface area contributed by atoms with E-state index in [2.05, 4.69) is 0 Å². The van der Waals surface area contributed by atoms with Crippen LogP contribution in [0.25, 0.3) is 15.3 Å². The monoisotopic (exact) mass is 305 g/mol. The Morgan fingerprint density at radius 1 is 1.11 bits per heavy atom. The Balaban J connectivity index is 2.25. The van der Waals surface area contributed by atoms with E-state index in [1.54, 1.807) is 7.11 Å². The summed E-state index contributed by atoms with van der Waals surface area (Å²) in [6.07, 6.45) is 0. The molecule has 0 saturated carbocycles. The van der Waals surface area contributed by atoms with Gasteiger partial charge in [-0.2, -0.15) is 0 Å². The normalized spacial score (nSPS) is 10.7. The number of benzene rings is 2. The molecule has 2 aromatic carbocycles. The van der Waals surface area contributed by atoms with Crippen LogP contribution in [0.5, 0.6) is 5.75 Å². The molecule has 0 atom stereocenters. The van der Waals surface area contributed by atoms with Crippen molar-refractivity contribution < 1.29 is 4.74 Å². The van der Waals surface area contributed by atoms with Gasteiger partial charge in [0.25, 0.3) is 0 Å². The summed E-state index contributed by atoms with van der Waals surface area (Å²) in [5, 5.41) is 0.820. The maximum absolute atomic E-state index is 12.3. The van der Waals surface area contributed by atoms with Crippen molar-refractivity contribution in [1.82, 2.24) is 3.56 Å². The fraction of sp³-hybridized carbons (Fsp3) is 0.0714. The van der Waals surface area contributed by atoms with Crippen LogP contribution in [0.3, 0.4) is 0 Å². The minimum absolute atomic E-state index is 0.0139. The summed E-state index contributed by atoms with van der Waals surface area (Å²) >= 11 is 0.0139. The molecule has 1 aromatic heterocycles. The standard InChI is InChI=1S/C14H11NO2Se/c1-17-11-6-4-5-10(9-11)15-14(16)12-7-2-3-8-13(12)18-15/h2-9H,1H3. The van der Waals surface area contributed by atoms with Gasteiger partial charge in [-0.25, -0.2) is 0 Å². The van der Waals surface area contributed by atoms with Gasteiger partial charge in [0.1, 0.15) is 0 Å². The average Bonchev–Trinajstić information content (AvgIpc) is 2.77. The molecule has 0 amide bonds. The molecule has 3 aromatic rings. The number of hydrogen-bond donors (Lipinski definition) is 0. The van der Waals surface area contributed by atoms with Gasteiger partial charge in [0.15, 0.2) is 0 Å². The molecule has 0 radical (unpaired) electrons. The van der Waals surface area contributed by atoms with Crippen LogP contribution in [0.4, 0.5) is 0 Å². The van der Waals surface area contributed by atoms with E-state index in [4.69, 9.17) is 4.74 Å². The number of rotatable bonds is 2. The second kappa shape index (κ2) is 4.48. The van der Waals surface area contributed by atoms with Crippen LogP contribution in [0.1, 0.15) is 0 Å². The molecular weight excluding hydrogens is 293 g/mol. The average molecular weight is 304 g/mol. The van der Waals surface area contributed by atoms with Crippen LogP contribution in [-0.4, -0.2) is 25.4 Å². The van der Waals surface area contributed by atoms with Gasteiger partial charge in [-0.1, -0.05) is 0 Å². The van der Waals surface area contributed by atoms with Gasteiger partial charge in [-0.3, -0.25) is 0 Å². The minimum atomic E-state index is 0.0139. The summed E-state index contributed by atoms with van der Waals surface area (Å²) in [7, 11) is 1.63. The van der Waals surface area contributed by atoms with E-state index >= 15 is 0 Å². The van der Waals surface area contributed by atoms with Crippen molar-refractivity contribution in [3.05, 3.63) is 58.9 Å². The Labute approximate surface area is 110 Å². The van der Waals surface area contributed by atoms with Gasteiger partial charge in [-0.15, -0.1) is 0 Å². The Morgan fingerprint density at radius 2 is 1.94 bits per heavy atom. The van der Waals surface area contributed by atoms with Crippen molar-refractivity contribution in [3.63, 3.8) is 0 Å².